The maximum Gasteiger partial charge on any atom is 0.225 e. The number of ketones is 1. The van der Waals surface area contributed by atoms with E-state index in [-0.39, 0.29) is 11.9 Å². The lowest BCUT2D eigenvalue weighted by atomic mass is 9.92. The minimum atomic E-state index is -0.128. The van der Waals surface area contributed by atoms with Gasteiger partial charge in [0.15, 0.2) is 5.78 Å². The van der Waals surface area contributed by atoms with Gasteiger partial charge in [0.2, 0.25) is 5.88 Å². The molecule has 0 spiro atoms. The second-order valence-corrected chi connectivity index (χ2v) is 8.87. The molecular weight excluding hydrogens is 410 g/mol. The Bertz CT molecular complexity index is 978. The van der Waals surface area contributed by atoms with Gasteiger partial charge in [0.05, 0.1) is 12.2 Å². The van der Waals surface area contributed by atoms with Crippen molar-refractivity contribution in [1.29, 1.82) is 0 Å². The molecule has 2 atom stereocenters. The van der Waals surface area contributed by atoms with Crippen LogP contribution in [0.4, 0.5) is 0 Å². The van der Waals surface area contributed by atoms with Gasteiger partial charge in [-0.2, -0.15) is 0 Å². The quantitative estimate of drug-likeness (QED) is 0.345. The van der Waals surface area contributed by atoms with Crippen LogP contribution in [0.3, 0.4) is 0 Å². The third-order valence-electron chi connectivity index (χ3n) is 6.21. The molecule has 0 amide bonds. The number of hydrogen-bond acceptors (Lipinski definition) is 4. The number of allylic oxidation sites excluding steroid dienone is 3. The van der Waals surface area contributed by atoms with Crippen LogP contribution in [0.15, 0.2) is 66.1 Å². The Kier molecular flexibility index (Phi) is 9.29. The molecular formula is C29H37NO3. The average Bonchev–Trinajstić information content (AvgIpc) is 3.00. The fourth-order valence-corrected chi connectivity index (χ4v) is 4.16. The smallest absolute Gasteiger partial charge is 0.225 e. The number of aromatic nitrogens is 1. The number of ether oxygens (including phenoxy) is 2. The zero-order chi connectivity index (χ0) is 23.6. The first-order chi connectivity index (χ1) is 16.0. The summed E-state index contributed by atoms with van der Waals surface area (Å²) in [6.07, 6.45) is 12.3. The first kappa shape index (κ1) is 24.8. The van der Waals surface area contributed by atoms with Gasteiger partial charge < -0.3 is 9.47 Å². The van der Waals surface area contributed by atoms with E-state index in [1.54, 1.807) is 6.20 Å². The Morgan fingerprint density at radius 2 is 2.00 bits per heavy atom. The van der Waals surface area contributed by atoms with E-state index in [2.05, 4.69) is 37.9 Å². The summed E-state index contributed by atoms with van der Waals surface area (Å²) in [6.45, 7) is 9.07. The van der Waals surface area contributed by atoms with E-state index in [0.29, 0.717) is 36.0 Å². The van der Waals surface area contributed by atoms with E-state index in [1.165, 1.54) is 24.8 Å². The number of nitrogens with zero attached hydrogens (tertiary/aromatic N) is 1. The Balaban J connectivity index is 1.62. The molecule has 1 unspecified atom stereocenters. The summed E-state index contributed by atoms with van der Waals surface area (Å²) in [5.74, 6) is 1.94. The van der Waals surface area contributed by atoms with E-state index in [4.69, 9.17) is 9.47 Å². The van der Waals surface area contributed by atoms with Crippen molar-refractivity contribution in [1.82, 2.24) is 4.98 Å². The molecule has 0 aliphatic heterocycles. The normalized spacial score (nSPS) is 16.9. The molecule has 1 heterocycles. The summed E-state index contributed by atoms with van der Waals surface area (Å²) in [5, 5.41) is 0. The number of carbonyl (C=O) groups is 1. The standard InChI is InChI=1S/C29H37NO3/c1-5-11-24-14-10-15-26(18-21(24)3)32-17-16-22(4)33-29-27(19-23(6-2)20-30-29)28(31)25-12-8-7-9-13-25/h7-9,12-13,15,18-20,22,24H,5-6,10-11,14,16-17H2,1-4H3/t22-,24?/m1/s1. The molecule has 0 N–H and O–H groups in total. The summed E-state index contributed by atoms with van der Waals surface area (Å²) in [4.78, 5) is 17.6. The topological polar surface area (TPSA) is 48.4 Å². The average molecular weight is 448 g/mol. The summed E-state index contributed by atoms with van der Waals surface area (Å²) >= 11 is 0. The number of carbonyl (C=O) groups excluding carboxylic acids is 1. The van der Waals surface area contributed by atoms with Crippen molar-refractivity contribution in [3.63, 3.8) is 0 Å². The third kappa shape index (κ3) is 7.05. The molecule has 33 heavy (non-hydrogen) atoms. The highest BCUT2D eigenvalue weighted by molar-refractivity contribution is 6.10. The minimum absolute atomic E-state index is 0.0669. The van der Waals surface area contributed by atoms with E-state index in [9.17, 15) is 4.79 Å². The Morgan fingerprint density at radius 3 is 2.73 bits per heavy atom. The molecule has 0 saturated heterocycles. The van der Waals surface area contributed by atoms with E-state index in [0.717, 1.165) is 24.2 Å². The summed E-state index contributed by atoms with van der Waals surface area (Å²) in [6, 6.07) is 11.2. The van der Waals surface area contributed by atoms with Crippen molar-refractivity contribution in [3.8, 4) is 5.88 Å². The maximum absolute atomic E-state index is 13.1. The maximum atomic E-state index is 13.1. The lowest BCUT2D eigenvalue weighted by molar-refractivity contribution is 0.102. The summed E-state index contributed by atoms with van der Waals surface area (Å²) < 4.78 is 12.2. The molecule has 1 aromatic heterocycles. The SMILES string of the molecule is CCCC1CCC=C(OCC[C@@H](C)Oc2ncc(CC)cc2C(=O)c2ccccc2)C=C1C. The molecule has 1 aliphatic rings. The lowest BCUT2D eigenvalue weighted by Crippen LogP contribution is -2.18. The largest absolute Gasteiger partial charge is 0.494 e. The fraction of sp³-hybridized carbons (Fsp3) is 0.448. The van der Waals surface area contributed by atoms with E-state index in [1.807, 2.05) is 43.3 Å². The number of benzene rings is 1. The highest BCUT2D eigenvalue weighted by Gasteiger charge is 2.19. The van der Waals surface area contributed by atoms with Gasteiger partial charge in [0, 0.05) is 18.2 Å². The van der Waals surface area contributed by atoms with Gasteiger partial charge in [-0.05, 0) is 69.2 Å². The molecule has 176 valence electrons. The van der Waals surface area contributed by atoms with Crippen molar-refractivity contribution in [2.24, 2.45) is 5.92 Å². The zero-order valence-corrected chi connectivity index (χ0v) is 20.5. The van der Waals surface area contributed by atoms with Crippen molar-refractivity contribution in [3.05, 3.63) is 82.8 Å². The van der Waals surface area contributed by atoms with Crippen molar-refractivity contribution >= 4 is 5.78 Å². The number of pyridine rings is 1. The zero-order valence-electron chi connectivity index (χ0n) is 20.5. The van der Waals surface area contributed by atoms with Gasteiger partial charge >= 0.3 is 0 Å². The molecule has 4 heteroatoms. The lowest BCUT2D eigenvalue weighted by Gasteiger charge is -2.17. The van der Waals surface area contributed by atoms with Gasteiger partial charge in [-0.1, -0.05) is 56.2 Å². The fourth-order valence-electron chi connectivity index (χ4n) is 4.16. The van der Waals surface area contributed by atoms with Crippen molar-refractivity contribution < 1.29 is 14.3 Å². The molecule has 1 aromatic carbocycles. The second kappa shape index (κ2) is 12.4. The molecule has 3 rings (SSSR count). The van der Waals surface area contributed by atoms with Crippen LogP contribution in [-0.4, -0.2) is 23.5 Å². The minimum Gasteiger partial charge on any atom is -0.494 e. The summed E-state index contributed by atoms with van der Waals surface area (Å²) in [5.41, 5.74) is 3.58. The molecule has 0 fully saturated rings. The van der Waals surface area contributed by atoms with Gasteiger partial charge in [0.1, 0.15) is 11.9 Å². The van der Waals surface area contributed by atoms with Crippen LogP contribution in [-0.2, 0) is 11.2 Å². The van der Waals surface area contributed by atoms with Crippen molar-refractivity contribution in [2.45, 2.75) is 72.3 Å². The molecule has 4 nitrogen and oxygen atoms in total. The second-order valence-electron chi connectivity index (χ2n) is 8.87. The molecule has 2 aromatic rings. The van der Waals surface area contributed by atoms with E-state index >= 15 is 0 Å². The predicted octanol–water partition coefficient (Wildman–Crippen LogP) is 7.09. The highest BCUT2D eigenvalue weighted by atomic mass is 16.5. The molecule has 0 radical (unpaired) electrons. The van der Waals surface area contributed by atoms with Crippen LogP contribution in [0.5, 0.6) is 5.88 Å². The Morgan fingerprint density at radius 1 is 1.21 bits per heavy atom. The van der Waals surface area contributed by atoms with Gasteiger partial charge in [-0.25, -0.2) is 4.98 Å². The number of hydrogen-bond donors (Lipinski definition) is 0. The van der Waals surface area contributed by atoms with Crippen LogP contribution >= 0.6 is 0 Å². The monoisotopic (exact) mass is 447 g/mol. The first-order valence-corrected chi connectivity index (χ1v) is 12.3. The first-order valence-electron chi connectivity index (χ1n) is 12.3. The number of aryl methyl sites for hydroxylation is 1. The van der Waals surface area contributed by atoms with Crippen LogP contribution in [0.25, 0.3) is 0 Å². The van der Waals surface area contributed by atoms with Crippen LogP contribution < -0.4 is 4.74 Å². The number of rotatable bonds is 11. The predicted molar refractivity (Wildman–Crippen MR) is 134 cm³/mol. The molecule has 0 bridgehead atoms. The van der Waals surface area contributed by atoms with Gasteiger partial charge in [-0.3, -0.25) is 4.79 Å². The van der Waals surface area contributed by atoms with Gasteiger partial charge in [0.25, 0.3) is 0 Å². The van der Waals surface area contributed by atoms with Crippen LogP contribution in [0, 0.1) is 5.92 Å². The van der Waals surface area contributed by atoms with E-state index < -0.39 is 0 Å². The van der Waals surface area contributed by atoms with Crippen LogP contribution in [0.1, 0.15) is 81.3 Å². The molecule has 0 saturated carbocycles. The van der Waals surface area contributed by atoms with Gasteiger partial charge in [-0.15, -0.1) is 0 Å². The summed E-state index contributed by atoms with van der Waals surface area (Å²) in [7, 11) is 0. The van der Waals surface area contributed by atoms with Crippen LogP contribution in [0.2, 0.25) is 0 Å². The molecule has 1 aliphatic carbocycles. The Hall–Kier alpha value is -2.88. The van der Waals surface area contributed by atoms with Crippen molar-refractivity contribution in [2.75, 3.05) is 6.61 Å². The third-order valence-corrected chi connectivity index (χ3v) is 6.21. The highest BCUT2D eigenvalue weighted by Crippen LogP contribution is 2.28. The Labute approximate surface area is 198 Å².